The molecule has 0 aromatic carbocycles. The highest BCUT2D eigenvalue weighted by atomic mass is 16.8. The third-order valence-corrected chi connectivity index (χ3v) is 10.1. The average Bonchev–Trinajstić information content (AvgIpc) is 2.75. The smallest absolute Gasteiger partial charge is 0.213 e. The molecule has 0 aromatic rings. The summed E-state index contributed by atoms with van der Waals surface area (Å²) in [5, 5.41) is 12.0. The molecule has 0 unspecified atom stereocenters. The maximum Gasteiger partial charge on any atom is 0.213 e. The van der Waals surface area contributed by atoms with Gasteiger partial charge in [0.2, 0.25) is 5.79 Å². The van der Waals surface area contributed by atoms with Crippen LogP contribution in [0.5, 0.6) is 0 Å². The van der Waals surface area contributed by atoms with E-state index in [-0.39, 0.29) is 40.5 Å². The first-order chi connectivity index (χ1) is 13.5. The number of fused-ring (bicyclic) bond motifs is 1. The second kappa shape index (κ2) is 5.01. The van der Waals surface area contributed by atoms with Crippen molar-refractivity contribution in [2.24, 2.45) is 39.9 Å². The highest BCUT2D eigenvalue weighted by Crippen LogP contribution is 2.80. The van der Waals surface area contributed by atoms with E-state index < -0.39 is 23.1 Å². The molecule has 5 nitrogen and oxygen atoms in total. The lowest BCUT2D eigenvalue weighted by Crippen LogP contribution is -2.88. The summed E-state index contributed by atoms with van der Waals surface area (Å²) in [5.41, 5.74) is -0.600. The van der Waals surface area contributed by atoms with Crippen molar-refractivity contribution in [3.8, 4) is 0 Å². The second-order valence-electron chi connectivity index (χ2n) is 11.9. The molecule has 0 radical (unpaired) electrons. The van der Waals surface area contributed by atoms with Crippen molar-refractivity contribution < 1.29 is 24.1 Å². The van der Waals surface area contributed by atoms with E-state index in [0.29, 0.717) is 18.1 Å². The highest BCUT2D eigenvalue weighted by molar-refractivity contribution is 6.05. The summed E-state index contributed by atoms with van der Waals surface area (Å²) in [5.74, 6) is -1.75. The zero-order chi connectivity index (χ0) is 20.8. The van der Waals surface area contributed by atoms with Gasteiger partial charge in [-0.3, -0.25) is 4.79 Å². The monoisotopic (exact) mass is 402 g/mol. The highest BCUT2D eigenvalue weighted by Gasteiger charge is 2.89. The van der Waals surface area contributed by atoms with Gasteiger partial charge in [-0.15, -0.1) is 0 Å². The predicted molar refractivity (Wildman–Crippen MR) is 106 cm³/mol. The Morgan fingerprint density at radius 2 is 1.86 bits per heavy atom. The van der Waals surface area contributed by atoms with Crippen molar-refractivity contribution >= 4 is 5.78 Å². The fourth-order valence-electron chi connectivity index (χ4n) is 9.22. The molecule has 5 heteroatoms. The Balaban J connectivity index is 1.68. The lowest BCUT2D eigenvalue weighted by Gasteiger charge is -2.78. The minimum absolute atomic E-state index is 0.00398. The largest absolute Gasteiger partial charge is 0.387 e. The number of ketones is 1. The number of hydrogen-bond donors (Lipinski definition) is 1. The fraction of sp³-hybridized carbons (Fsp3) is 0.875. The number of Topliss-reactive ketones (excluding diaryl/α,β-unsaturated/α-hetero) is 1. The first-order valence-electron chi connectivity index (χ1n) is 11.4. The number of aliphatic hydroxyl groups is 1. The van der Waals surface area contributed by atoms with E-state index in [1.807, 2.05) is 13.8 Å². The van der Waals surface area contributed by atoms with Crippen molar-refractivity contribution in [1.82, 2.24) is 0 Å². The van der Waals surface area contributed by atoms with E-state index in [1.54, 1.807) is 0 Å². The van der Waals surface area contributed by atoms with Gasteiger partial charge in [0, 0.05) is 17.3 Å². The van der Waals surface area contributed by atoms with E-state index in [0.717, 1.165) is 25.7 Å². The Morgan fingerprint density at radius 3 is 2.59 bits per heavy atom. The summed E-state index contributed by atoms with van der Waals surface area (Å²) in [6.45, 7) is 15.4. The fourth-order valence-corrected chi connectivity index (χ4v) is 9.22. The quantitative estimate of drug-likeness (QED) is 0.629. The van der Waals surface area contributed by atoms with Crippen LogP contribution in [0.2, 0.25) is 0 Å². The number of aliphatic hydroxyl groups excluding tert-OH is 1. The number of rotatable bonds is 0. The predicted octanol–water partition coefficient (Wildman–Crippen LogP) is 3.45. The van der Waals surface area contributed by atoms with E-state index in [4.69, 9.17) is 14.2 Å². The summed E-state index contributed by atoms with van der Waals surface area (Å²) in [4.78, 5) is 14.0. The summed E-state index contributed by atoms with van der Waals surface area (Å²) in [6.07, 6.45) is 2.86. The van der Waals surface area contributed by atoms with Gasteiger partial charge in [-0.2, -0.15) is 0 Å². The molecular weight excluding hydrogens is 368 g/mol. The minimum Gasteiger partial charge on any atom is -0.387 e. The molecule has 0 amide bonds. The van der Waals surface area contributed by atoms with Crippen LogP contribution in [0.4, 0.5) is 0 Å². The van der Waals surface area contributed by atoms with E-state index in [9.17, 15) is 9.90 Å². The molecule has 7 fully saturated rings. The van der Waals surface area contributed by atoms with Gasteiger partial charge < -0.3 is 19.3 Å². The SMILES string of the molecule is C=C1C(=O)[C@@]23[C@@H]4OC(C)(C)O[C@@]25OC[C@@]2([C@H]([C@@H]5O)C(C)(C)CC[C@@H]2C)[C@@H]3CC[C@@H]14. The molecule has 3 spiro atoms. The van der Waals surface area contributed by atoms with Crippen LogP contribution < -0.4 is 0 Å². The normalized spacial score (nSPS) is 58.7. The number of carbonyl (C=O) groups is 1. The maximum absolute atomic E-state index is 14.0. The third kappa shape index (κ3) is 1.69. The summed E-state index contributed by atoms with van der Waals surface area (Å²) in [7, 11) is 0. The van der Waals surface area contributed by atoms with E-state index >= 15 is 0 Å². The topological polar surface area (TPSA) is 65.0 Å². The van der Waals surface area contributed by atoms with E-state index in [1.165, 1.54) is 0 Å². The molecule has 7 rings (SSSR count). The van der Waals surface area contributed by atoms with Crippen LogP contribution in [0, 0.1) is 39.9 Å². The van der Waals surface area contributed by atoms with Crippen molar-refractivity contribution in [3.63, 3.8) is 0 Å². The number of ether oxygens (including phenoxy) is 3. The van der Waals surface area contributed by atoms with Gasteiger partial charge in [0.1, 0.15) is 11.5 Å². The number of hydrogen-bond acceptors (Lipinski definition) is 5. The van der Waals surface area contributed by atoms with Gasteiger partial charge in [0.15, 0.2) is 11.6 Å². The van der Waals surface area contributed by atoms with Crippen molar-refractivity contribution in [2.75, 3.05) is 6.61 Å². The van der Waals surface area contributed by atoms with Crippen LogP contribution in [-0.4, -0.2) is 41.3 Å². The molecule has 160 valence electrons. The number of carbonyl (C=O) groups excluding carboxylic acids is 1. The van der Waals surface area contributed by atoms with Crippen LogP contribution in [0.25, 0.3) is 0 Å². The van der Waals surface area contributed by atoms with Gasteiger partial charge in [-0.25, -0.2) is 0 Å². The zero-order valence-corrected chi connectivity index (χ0v) is 18.3. The van der Waals surface area contributed by atoms with Crippen molar-refractivity contribution in [3.05, 3.63) is 12.2 Å². The molecule has 1 N–H and O–H groups in total. The van der Waals surface area contributed by atoms with Crippen LogP contribution >= 0.6 is 0 Å². The Labute approximate surface area is 173 Å². The molecule has 4 bridgehead atoms. The Hall–Kier alpha value is -0.750. The van der Waals surface area contributed by atoms with Crippen LogP contribution in [0.3, 0.4) is 0 Å². The van der Waals surface area contributed by atoms with Gasteiger partial charge in [-0.05, 0) is 62.4 Å². The lowest BCUT2D eigenvalue weighted by atomic mass is 9.34. The molecule has 4 aliphatic carbocycles. The summed E-state index contributed by atoms with van der Waals surface area (Å²) < 4.78 is 19.7. The van der Waals surface area contributed by atoms with Gasteiger partial charge in [-0.1, -0.05) is 27.4 Å². The lowest BCUT2D eigenvalue weighted by molar-refractivity contribution is -0.533. The van der Waals surface area contributed by atoms with Crippen molar-refractivity contribution in [1.29, 1.82) is 0 Å². The molecule has 3 aliphatic heterocycles. The Bertz CT molecular complexity index is 831. The molecule has 29 heavy (non-hydrogen) atoms. The van der Waals surface area contributed by atoms with Crippen LogP contribution in [0.1, 0.15) is 60.3 Å². The molecular formula is C24H34O5. The average molecular weight is 403 g/mol. The Morgan fingerprint density at radius 1 is 1.14 bits per heavy atom. The minimum atomic E-state index is -1.35. The first kappa shape index (κ1) is 19.0. The van der Waals surface area contributed by atoms with Gasteiger partial charge >= 0.3 is 0 Å². The van der Waals surface area contributed by atoms with Crippen molar-refractivity contribution in [2.45, 2.75) is 84.1 Å². The molecule has 3 saturated heterocycles. The van der Waals surface area contributed by atoms with Crippen LogP contribution in [-0.2, 0) is 19.0 Å². The summed E-state index contributed by atoms with van der Waals surface area (Å²) >= 11 is 0. The molecule has 0 aromatic heterocycles. The molecule has 3 heterocycles. The molecule has 7 aliphatic rings. The molecule has 9 atom stereocenters. The second-order valence-corrected chi connectivity index (χ2v) is 11.9. The van der Waals surface area contributed by atoms with Crippen LogP contribution in [0.15, 0.2) is 12.2 Å². The first-order valence-corrected chi connectivity index (χ1v) is 11.4. The zero-order valence-electron chi connectivity index (χ0n) is 18.3. The van der Waals surface area contributed by atoms with E-state index in [2.05, 4.69) is 27.4 Å². The molecule has 4 saturated carbocycles. The van der Waals surface area contributed by atoms with Gasteiger partial charge in [0.25, 0.3) is 0 Å². The third-order valence-electron chi connectivity index (χ3n) is 10.1. The standard InChI is InChI=1S/C24H34O5/c1-12-9-10-20(3,4)16-18(26)24-23-15(22(12,16)11-27-24)8-7-14(13(2)17(23)25)19(23)28-21(5,6)29-24/h12,14-16,18-19,26H,2,7-11H2,1,3-6H3/t12-,14-,15-,16+,18-,19+,22-,23-,24+/m0/s1. The summed E-state index contributed by atoms with van der Waals surface area (Å²) in [6, 6.07) is 0. The Kier molecular flexibility index (Phi) is 3.27. The van der Waals surface area contributed by atoms with Gasteiger partial charge in [0.05, 0.1) is 12.7 Å². The maximum atomic E-state index is 14.0.